The Kier molecular flexibility index (Phi) is 5.96. The summed E-state index contributed by atoms with van der Waals surface area (Å²) >= 11 is 0. The summed E-state index contributed by atoms with van der Waals surface area (Å²) in [5, 5.41) is 0. The van der Waals surface area contributed by atoms with E-state index in [1.807, 2.05) is 0 Å². The highest BCUT2D eigenvalue weighted by Crippen LogP contribution is 2.44. The lowest BCUT2D eigenvalue weighted by Gasteiger charge is -2.34. The maximum atomic E-state index is 12.6. The highest BCUT2D eigenvalue weighted by atomic mass is 35.5. The summed E-state index contributed by atoms with van der Waals surface area (Å²) in [4.78, 5) is 14.7. The lowest BCUT2D eigenvalue weighted by atomic mass is 9.73. The smallest absolute Gasteiger partial charge is 0.222 e. The Labute approximate surface area is 135 Å². The van der Waals surface area contributed by atoms with Crippen LogP contribution in [-0.2, 0) is 4.79 Å². The van der Waals surface area contributed by atoms with Gasteiger partial charge in [-0.15, -0.1) is 12.4 Å². The van der Waals surface area contributed by atoms with Gasteiger partial charge in [-0.3, -0.25) is 4.79 Å². The normalized spacial score (nSPS) is 32.0. The van der Waals surface area contributed by atoms with Crippen LogP contribution in [0.25, 0.3) is 0 Å². The molecule has 0 aromatic heterocycles. The minimum absolute atomic E-state index is 0. The van der Waals surface area contributed by atoms with Crippen LogP contribution in [0, 0.1) is 11.3 Å². The number of halogens is 1. The molecule has 0 aromatic carbocycles. The van der Waals surface area contributed by atoms with E-state index in [-0.39, 0.29) is 18.4 Å². The third-order valence-corrected chi connectivity index (χ3v) is 6.11. The molecule has 3 rings (SSSR count). The van der Waals surface area contributed by atoms with Crippen LogP contribution in [0.1, 0.15) is 70.6 Å². The molecule has 3 nitrogen and oxygen atoms in total. The first-order valence-corrected chi connectivity index (χ1v) is 8.72. The molecule has 1 spiro atoms. The first-order chi connectivity index (χ1) is 9.69. The van der Waals surface area contributed by atoms with E-state index in [0.29, 0.717) is 23.7 Å². The van der Waals surface area contributed by atoms with E-state index < -0.39 is 0 Å². The second-order valence-electron chi connectivity index (χ2n) is 7.54. The van der Waals surface area contributed by atoms with Crippen molar-refractivity contribution in [1.82, 2.24) is 4.90 Å². The summed E-state index contributed by atoms with van der Waals surface area (Å²) in [6, 6.07) is 0.263. The number of nitrogens with zero attached hydrogens (tertiary/aromatic N) is 1. The number of hydrogen-bond acceptors (Lipinski definition) is 2. The first-order valence-electron chi connectivity index (χ1n) is 8.72. The minimum Gasteiger partial charge on any atom is -0.342 e. The molecule has 2 aliphatic carbocycles. The maximum Gasteiger partial charge on any atom is 0.222 e. The van der Waals surface area contributed by atoms with Gasteiger partial charge in [-0.05, 0) is 43.4 Å². The quantitative estimate of drug-likeness (QED) is 0.848. The summed E-state index contributed by atoms with van der Waals surface area (Å²) in [5.74, 6) is 0.828. The van der Waals surface area contributed by atoms with E-state index in [4.69, 9.17) is 5.73 Å². The average Bonchev–Trinajstić information content (AvgIpc) is 2.86. The number of carbonyl (C=O) groups excluding carboxylic acids is 1. The summed E-state index contributed by atoms with van der Waals surface area (Å²) in [6.45, 7) is 2.04. The Morgan fingerprint density at radius 3 is 2.48 bits per heavy atom. The predicted molar refractivity (Wildman–Crippen MR) is 88.5 cm³/mol. The Balaban J connectivity index is 0.00000161. The van der Waals surface area contributed by atoms with Crippen LogP contribution in [0.4, 0.5) is 0 Å². The summed E-state index contributed by atoms with van der Waals surface area (Å²) < 4.78 is 0. The van der Waals surface area contributed by atoms with Crippen molar-refractivity contribution in [3.8, 4) is 0 Å². The number of amides is 1. The molecule has 2 saturated carbocycles. The minimum atomic E-state index is 0. The van der Waals surface area contributed by atoms with E-state index in [9.17, 15) is 4.79 Å². The topological polar surface area (TPSA) is 46.3 Å². The molecule has 0 aromatic rings. The molecule has 1 saturated heterocycles. The summed E-state index contributed by atoms with van der Waals surface area (Å²) in [7, 11) is 0. The Hall–Kier alpha value is -0.280. The Bertz CT molecular complexity index is 355. The molecule has 122 valence electrons. The van der Waals surface area contributed by atoms with Crippen LogP contribution < -0.4 is 5.73 Å². The van der Waals surface area contributed by atoms with Gasteiger partial charge in [-0.25, -0.2) is 0 Å². The Morgan fingerprint density at radius 1 is 1.05 bits per heavy atom. The molecule has 1 aliphatic heterocycles. The van der Waals surface area contributed by atoms with E-state index >= 15 is 0 Å². The highest BCUT2D eigenvalue weighted by molar-refractivity contribution is 5.85. The van der Waals surface area contributed by atoms with Crippen molar-refractivity contribution >= 4 is 18.3 Å². The van der Waals surface area contributed by atoms with Crippen LogP contribution in [0.2, 0.25) is 0 Å². The largest absolute Gasteiger partial charge is 0.342 e. The lowest BCUT2D eigenvalue weighted by Crippen LogP contribution is -2.39. The zero-order valence-corrected chi connectivity index (χ0v) is 14.0. The van der Waals surface area contributed by atoms with E-state index in [1.165, 1.54) is 51.4 Å². The van der Waals surface area contributed by atoms with Crippen LogP contribution >= 0.6 is 12.4 Å². The van der Waals surface area contributed by atoms with Crippen molar-refractivity contribution in [3.05, 3.63) is 0 Å². The first kappa shape index (κ1) is 17.1. The molecule has 3 aliphatic rings. The SMILES string of the molecule is Cl.NC1CCCCC1CC(=O)N1CCC2(CCCCC2)C1. The maximum absolute atomic E-state index is 12.6. The van der Waals surface area contributed by atoms with Gasteiger partial charge in [0.05, 0.1) is 0 Å². The number of nitrogens with two attached hydrogens (primary N) is 1. The number of likely N-dealkylation sites (tertiary alicyclic amines) is 1. The van der Waals surface area contributed by atoms with Gasteiger partial charge in [-0.2, -0.15) is 0 Å². The van der Waals surface area contributed by atoms with Crippen LogP contribution in [-0.4, -0.2) is 29.9 Å². The van der Waals surface area contributed by atoms with E-state index in [0.717, 1.165) is 25.9 Å². The molecule has 1 amide bonds. The van der Waals surface area contributed by atoms with Crippen molar-refractivity contribution in [2.45, 2.75) is 76.7 Å². The summed E-state index contributed by atoms with van der Waals surface area (Å²) in [6.07, 6.45) is 13.6. The van der Waals surface area contributed by atoms with Gasteiger partial charge in [-0.1, -0.05) is 32.1 Å². The second kappa shape index (κ2) is 7.32. The van der Waals surface area contributed by atoms with Crippen molar-refractivity contribution in [1.29, 1.82) is 0 Å². The summed E-state index contributed by atoms with van der Waals surface area (Å²) in [5.41, 5.74) is 6.68. The van der Waals surface area contributed by atoms with Crippen molar-refractivity contribution in [3.63, 3.8) is 0 Å². The monoisotopic (exact) mass is 314 g/mol. The number of hydrogen-bond donors (Lipinski definition) is 1. The van der Waals surface area contributed by atoms with Gasteiger partial charge in [0.1, 0.15) is 0 Å². The Morgan fingerprint density at radius 2 is 1.76 bits per heavy atom. The van der Waals surface area contributed by atoms with Gasteiger partial charge < -0.3 is 10.6 Å². The zero-order chi connectivity index (χ0) is 14.0. The van der Waals surface area contributed by atoms with Gasteiger partial charge in [0.25, 0.3) is 0 Å². The standard InChI is InChI=1S/C17H30N2O.ClH/c18-15-7-3-2-6-14(15)12-16(20)19-11-10-17(13-19)8-4-1-5-9-17;/h14-15H,1-13,18H2;1H. The number of carbonyl (C=O) groups is 1. The second-order valence-corrected chi connectivity index (χ2v) is 7.54. The van der Waals surface area contributed by atoms with Crippen LogP contribution in [0.15, 0.2) is 0 Å². The molecule has 4 heteroatoms. The van der Waals surface area contributed by atoms with Crippen molar-refractivity contribution in [2.24, 2.45) is 17.1 Å². The molecule has 21 heavy (non-hydrogen) atoms. The molecule has 2 N–H and O–H groups in total. The third-order valence-electron chi connectivity index (χ3n) is 6.11. The molecule has 0 radical (unpaired) electrons. The van der Waals surface area contributed by atoms with Crippen LogP contribution in [0.5, 0.6) is 0 Å². The van der Waals surface area contributed by atoms with Crippen molar-refractivity contribution in [2.75, 3.05) is 13.1 Å². The molecule has 2 unspecified atom stereocenters. The van der Waals surface area contributed by atoms with Gasteiger partial charge in [0.15, 0.2) is 0 Å². The fourth-order valence-electron chi connectivity index (χ4n) is 4.70. The molecular formula is C17H31ClN2O. The van der Waals surface area contributed by atoms with Gasteiger partial charge >= 0.3 is 0 Å². The molecule has 3 fully saturated rings. The fraction of sp³-hybridized carbons (Fsp3) is 0.941. The van der Waals surface area contributed by atoms with Gasteiger partial charge in [0.2, 0.25) is 5.91 Å². The molecule has 1 heterocycles. The van der Waals surface area contributed by atoms with Gasteiger partial charge in [0, 0.05) is 25.6 Å². The lowest BCUT2D eigenvalue weighted by molar-refractivity contribution is -0.132. The average molecular weight is 315 g/mol. The molecular weight excluding hydrogens is 284 g/mol. The predicted octanol–water partition coefficient (Wildman–Crippen LogP) is 3.50. The number of rotatable bonds is 2. The van der Waals surface area contributed by atoms with Crippen LogP contribution in [0.3, 0.4) is 0 Å². The fourth-order valence-corrected chi connectivity index (χ4v) is 4.70. The molecule has 0 bridgehead atoms. The van der Waals surface area contributed by atoms with E-state index in [2.05, 4.69) is 4.90 Å². The van der Waals surface area contributed by atoms with E-state index in [1.54, 1.807) is 0 Å². The highest BCUT2D eigenvalue weighted by Gasteiger charge is 2.40. The third kappa shape index (κ3) is 3.92. The zero-order valence-electron chi connectivity index (χ0n) is 13.2. The molecule has 2 atom stereocenters. The van der Waals surface area contributed by atoms with Crippen molar-refractivity contribution < 1.29 is 4.79 Å².